The molecule has 0 rings (SSSR count). The average Bonchev–Trinajstić information content (AvgIpc) is 1.89. The first kappa shape index (κ1) is 7.84. The zero-order valence-corrected chi connectivity index (χ0v) is 5.55. The summed E-state index contributed by atoms with van der Waals surface area (Å²) < 4.78 is 4.74. The van der Waals surface area contributed by atoms with Gasteiger partial charge in [0.1, 0.15) is 6.61 Å². The van der Waals surface area contributed by atoms with Crippen LogP contribution in [-0.4, -0.2) is 6.61 Å². The summed E-state index contributed by atoms with van der Waals surface area (Å²) >= 11 is 0. The van der Waals surface area contributed by atoms with Gasteiger partial charge >= 0.3 is 0 Å². The van der Waals surface area contributed by atoms with E-state index in [4.69, 9.17) is 4.74 Å². The molecule has 0 atom stereocenters. The second-order valence-electron chi connectivity index (χ2n) is 1.30. The number of rotatable bonds is 2. The average molecular weight is 122 g/mol. The third-order valence-corrected chi connectivity index (χ3v) is 0.625. The molecule has 0 spiro atoms. The Labute approximate surface area is 56.0 Å². The molecular weight excluding hydrogens is 112 g/mol. The monoisotopic (exact) mass is 122 g/mol. The smallest absolute Gasteiger partial charge is 0.148 e. The fraction of sp³-hybridized carbons (Fsp3) is 0.250. The molecule has 0 aliphatic rings. The van der Waals surface area contributed by atoms with Crippen molar-refractivity contribution in [2.24, 2.45) is 0 Å². The molecule has 0 unspecified atom stereocenters. The van der Waals surface area contributed by atoms with Crippen LogP contribution in [0.3, 0.4) is 0 Å². The zero-order valence-electron chi connectivity index (χ0n) is 5.55. The molecule has 0 aromatic carbocycles. The van der Waals surface area contributed by atoms with Gasteiger partial charge in [-0.25, -0.2) is 0 Å². The first-order chi connectivity index (χ1) is 4.41. The standard InChI is InChI=1S/C8H10O/c1-3-5-6-7-8-9-4-2/h3-5H,2,8H2,1H3/b5-3-. The van der Waals surface area contributed by atoms with E-state index in [1.807, 2.05) is 13.0 Å². The van der Waals surface area contributed by atoms with Gasteiger partial charge in [0.05, 0.1) is 6.26 Å². The molecule has 0 heterocycles. The summed E-state index contributed by atoms with van der Waals surface area (Å²) in [5.74, 6) is 5.52. The highest BCUT2D eigenvalue weighted by molar-refractivity contribution is 5.14. The predicted octanol–water partition coefficient (Wildman–Crippen LogP) is 1.73. The Balaban J connectivity index is 3.26. The molecule has 0 saturated heterocycles. The summed E-state index contributed by atoms with van der Waals surface area (Å²) in [7, 11) is 0. The number of ether oxygens (including phenoxy) is 1. The largest absolute Gasteiger partial charge is 0.489 e. The van der Waals surface area contributed by atoms with Crippen molar-refractivity contribution in [2.75, 3.05) is 6.61 Å². The van der Waals surface area contributed by atoms with Crippen LogP contribution in [0.4, 0.5) is 0 Å². The molecule has 0 N–H and O–H groups in total. The van der Waals surface area contributed by atoms with Crippen molar-refractivity contribution in [1.29, 1.82) is 0 Å². The molecule has 48 valence electrons. The van der Waals surface area contributed by atoms with Crippen molar-refractivity contribution in [1.82, 2.24) is 0 Å². The molecule has 0 aromatic rings. The van der Waals surface area contributed by atoms with E-state index >= 15 is 0 Å². The first-order valence-corrected chi connectivity index (χ1v) is 2.74. The van der Waals surface area contributed by atoms with Gasteiger partial charge in [-0.1, -0.05) is 24.5 Å². The highest BCUT2D eigenvalue weighted by Crippen LogP contribution is 1.70. The highest BCUT2D eigenvalue weighted by Gasteiger charge is 1.65. The number of allylic oxidation sites excluding steroid dienone is 2. The van der Waals surface area contributed by atoms with Crippen LogP contribution < -0.4 is 0 Å². The van der Waals surface area contributed by atoms with Gasteiger partial charge in [-0.2, -0.15) is 0 Å². The summed E-state index contributed by atoms with van der Waals surface area (Å²) in [5, 5.41) is 0. The molecule has 0 radical (unpaired) electrons. The van der Waals surface area contributed by atoms with E-state index in [1.54, 1.807) is 6.08 Å². The Bertz CT molecular complexity index is 146. The van der Waals surface area contributed by atoms with Crippen molar-refractivity contribution in [3.05, 3.63) is 25.0 Å². The molecule has 0 aromatic heterocycles. The molecule has 0 bridgehead atoms. The normalized spacial score (nSPS) is 8.11. The van der Waals surface area contributed by atoms with E-state index < -0.39 is 0 Å². The molecule has 0 saturated carbocycles. The van der Waals surface area contributed by atoms with E-state index in [2.05, 4.69) is 18.4 Å². The molecule has 0 aliphatic carbocycles. The van der Waals surface area contributed by atoms with Gasteiger partial charge < -0.3 is 4.74 Å². The molecule has 0 amide bonds. The van der Waals surface area contributed by atoms with Crippen LogP contribution in [0.1, 0.15) is 6.92 Å². The van der Waals surface area contributed by atoms with E-state index in [0.717, 1.165) is 0 Å². The summed E-state index contributed by atoms with van der Waals surface area (Å²) in [6.07, 6.45) is 5.03. The maximum absolute atomic E-state index is 4.74. The van der Waals surface area contributed by atoms with Crippen LogP contribution in [0.2, 0.25) is 0 Å². The molecule has 0 aliphatic heterocycles. The van der Waals surface area contributed by atoms with Crippen molar-refractivity contribution in [2.45, 2.75) is 6.92 Å². The first-order valence-electron chi connectivity index (χ1n) is 2.74. The Morgan fingerprint density at radius 1 is 1.67 bits per heavy atom. The number of hydrogen-bond donors (Lipinski definition) is 0. The third-order valence-electron chi connectivity index (χ3n) is 0.625. The van der Waals surface area contributed by atoms with Gasteiger partial charge in [-0.05, 0) is 13.0 Å². The fourth-order valence-corrected chi connectivity index (χ4v) is 0.285. The lowest BCUT2D eigenvalue weighted by atomic mass is 10.5. The van der Waals surface area contributed by atoms with Gasteiger partial charge in [-0.3, -0.25) is 0 Å². The summed E-state index contributed by atoms with van der Waals surface area (Å²) in [5.41, 5.74) is 0. The van der Waals surface area contributed by atoms with Crippen LogP contribution in [0, 0.1) is 11.8 Å². The second-order valence-corrected chi connectivity index (χ2v) is 1.30. The minimum atomic E-state index is 0.424. The fourth-order valence-electron chi connectivity index (χ4n) is 0.285. The zero-order chi connectivity index (χ0) is 6.95. The predicted molar refractivity (Wildman–Crippen MR) is 38.7 cm³/mol. The van der Waals surface area contributed by atoms with Crippen LogP contribution in [0.25, 0.3) is 0 Å². The van der Waals surface area contributed by atoms with E-state index in [9.17, 15) is 0 Å². The second kappa shape index (κ2) is 6.84. The lowest BCUT2D eigenvalue weighted by Crippen LogP contribution is -1.78. The van der Waals surface area contributed by atoms with Crippen molar-refractivity contribution in [3.63, 3.8) is 0 Å². The Kier molecular flexibility index (Phi) is 5.96. The SMILES string of the molecule is C=COCC#C/C=C\C. The summed E-state index contributed by atoms with van der Waals surface area (Å²) in [6, 6.07) is 0. The van der Waals surface area contributed by atoms with E-state index in [1.165, 1.54) is 6.26 Å². The molecule has 1 heteroatoms. The molecule has 1 nitrogen and oxygen atoms in total. The Morgan fingerprint density at radius 3 is 3.00 bits per heavy atom. The van der Waals surface area contributed by atoms with Crippen LogP contribution in [-0.2, 0) is 4.74 Å². The lowest BCUT2D eigenvalue weighted by molar-refractivity contribution is 0.298. The quantitative estimate of drug-likeness (QED) is 0.308. The third kappa shape index (κ3) is 6.84. The van der Waals surface area contributed by atoms with Crippen LogP contribution in [0.5, 0.6) is 0 Å². The van der Waals surface area contributed by atoms with Crippen molar-refractivity contribution < 1.29 is 4.74 Å². The Morgan fingerprint density at radius 2 is 2.44 bits per heavy atom. The molecule has 9 heavy (non-hydrogen) atoms. The topological polar surface area (TPSA) is 9.23 Å². The summed E-state index contributed by atoms with van der Waals surface area (Å²) in [4.78, 5) is 0. The Hall–Kier alpha value is -1.16. The van der Waals surface area contributed by atoms with E-state index in [0.29, 0.717) is 6.61 Å². The van der Waals surface area contributed by atoms with Gasteiger partial charge in [-0.15, -0.1) is 0 Å². The minimum absolute atomic E-state index is 0.424. The van der Waals surface area contributed by atoms with E-state index in [-0.39, 0.29) is 0 Å². The molecule has 0 fully saturated rings. The van der Waals surface area contributed by atoms with Crippen LogP contribution >= 0.6 is 0 Å². The maximum Gasteiger partial charge on any atom is 0.148 e. The maximum atomic E-state index is 4.74. The lowest BCUT2D eigenvalue weighted by Gasteiger charge is -1.85. The van der Waals surface area contributed by atoms with Crippen LogP contribution in [0.15, 0.2) is 25.0 Å². The van der Waals surface area contributed by atoms with Gasteiger partial charge in [0, 0.05) is 0 Å². The van der Waals surface area contributed by atoms with Gasteiger partial charge in [0.25, 0.3) is 0 Å². The number of hydrogen-bond acceptors (Lipinski definition) is 1. The van der Waals surface area contributed by atoms with Crippen molar-refractivity contribution >= 4 is 0 Å². The van der Waals surface area contributed by atoms with Gasteiger partial charge in [0.15, 0.2) is 0 Å². The summed E-state index contributed by atoms with van der Waals surface area (Å²) in [6.45, 7) is 5.71. The highest BCUT2D eigenvalue weighted by atomic mass is 16.5. The molecular formula is C8H10O. The van der Waals surface area contributed by atoms with Gasteiger partial charge in [0.2, 0.25) is 0 Å². The van der Waals surface area contributed by atoms with Crippen molar-refractivity contribution in [3.8, 4) is 11.8 Å². The minimum Gasteiger partial charge on any atom is -0.489 e.